The third-order valence-electron chi connectivity index (χ3n) is 24.6. The van der Waals surface area contributed by atoms with E-state index < -0.39 is 83.5 Å². The van der Waals surface area contributed by atoms with Crippen LogP contribution < -0.4 is 59.2 Å². The molecule has 696 valence electrons. The lowest BCUT2D eigenvalue weighted by molar-refractivity contribution is -0.156. The van der Waals surface area contributed by atoms with Crippen LogP contribution in [0, 0.1) is 0 Å². The van der Waals surface area contributed by atoms with Gasteiger partial charge in [-0.3, -0.25) is 48.2 Å². The first kappa shape index (κ1) is 91.2. The summed E-state index contributed by atoms with van der Waals surface area (Å²) in [5, 5.41) is 11.6. The molecule has 26 heteroatoms. The van der Waals surface area contributed by atoms with Crippen molar-refractivity contribution in [1.29, 1.82) is 0 Å². The highest BCUT2D eigenvalue weighted by Gasteiger charge is 2.48. The molecule has 2 fully saturated rings. The SMILES string of the molecule is C=CC(=O)Nc1cccc(Oc2ccc(Oc3cc4c5c(cc(Oc6ccc(Oc7cccc(NC(=O)C=C)c7)cc6)c6c7c(Oc8ccc(Oc9cccc(NC(=O)C=C)c9)cc8)cc8c9c(cc(Oc%10ccc(Oc%11cccc(NC(=O)C=C)c%11)cc%10)c(c3c56)c97)C(=O)N(C(Cc3ccccc3)C(=O)OC3CCCCC3)C8=O)C(=O)N(C(Cc3ccccc3)C(=O)OC3CCCCC3)C4=O)cc2)c1. The summed E-state index contributed by atoms with van der Waals surface area (Å²) in [5.41, 5.74) is 2.28. The molecule has 2 saturated carbocycles. The number of benzene rings is 15. The van der Waals surface area contributed by atoms with Crippen LogP contribution in [-0.4, -0.2) is 93.3 Å². The van der Waals surface area contributed by atoms with Gasteiger partial charge in [0.1, 0.15) is 116 Å². The molecule has 4 aliphatic rings. The molecule has 0 bridgehead atoms. The summed E-state index contributed by atoms with van der Waals surface area (Å²) in [4.78, 5) is 152. The number of imide groups is 2. The smallest absolute Gasteiger partial charge is 0.330 e. The van der Waals surface area contributed by atoms with E-state index >= 15 is 28.8 Å². The highest BCUT2D eigenvalue weighted by atomic mass is 16.6. The van der Waals surface area contributed by atoms with Crippen LogP contribution in [0.15, 0.2) is 330 Å². The Labute approximate surface area is 803 Å². The number of carbonyl (C=O) groups excluding carboxylic acids is 10. The maximum Gasteiger partial charge on any atom is 0.330 e. The summed E-state index contributed by atoms with van der Waals surface area (Å²) < 4.78 is 68.4. The van der Waals surface area contributed by atoms with Crippen molar-refractivity contribution in [3.8, 4) is 92.0 Å². The zero-order valence-electron chi connectivity index (χ0n) is 75.6. The fourth-order valence-corrected chi connectivity index (χ4v) is 18.2. The van der Waals surface area contributed by atoms with Gasteiger partial charge in [-0.05, 0) is 257 Å². The quantitative estimate of drug-likeness (QED) is 0.00957. The Morgan fingerprint density at radius 1 is 0.271 bits per heavy atom. The molecule has 0 aromatic heterocycles. The van der Waals surface area contributed by atoms with E-state index in [2.05, 4.69) is 47.6 Å². The molecule has 2 aliphatic carbocycles. The topological polar surface area (TPSA) is 318 Å². The summed E-state index contributed by atoms with van der Waals surface area (Å²) in [5.74, 6) is -4.48. The predicted molar refractivity (Wildman–Crippen MR) is 530 cm³/mol. The Kier molecular flexibility index (Phi) is 26.3. The Morgan fingerprint density at radius 2 is 0.507 bits per heavy atom. The molecule has 2 heterocycles. The number of nitrogens with zero attached hydrogens (tertiary/aromatic N) is 2. The van der Waals surface area contributed by atoms with Gasteiger partial charge in [0.15, 0.2) is 0 Å². The molecule has 15 aromatic rings. The largest absolute Gasteiger partial charge is 0.461 e. The minimum atomic E-state index is -1.60. The van der Waals surface area contributed by atoms with Gasteiger partial charge in [-0.15, -0.1) is 0 Å². The number of rotatable bonds is 34. The Balaban J connectivity index is 0.892. The number of anilines is 4. The van der Waals surface area contributed by atoms with E-state index in [1.165, 1.54) is 24.3 Å². The van der Waals surface area contributed by atoms with Crippen molar-refractivity contribution in [3.05, 3.63) is 363 Å². The van der Waals surface area contributed by atoms with Crippen LogP contribution in [0.25, 0.3) is 43.1 Å². The van der Waals surface area contributed by atoms with Crippen LogP contribution in [0.5, 0.6) is 92.0 Å². The summed E-state index contributed by atoms with van der Waals surface area (Å²) in [6.45, 7) is 14.3. The number of esters is 2. The number of hydrogen-bond acceptors (Lipinski definition) is 20. The Morgan fingerprint density at radius 3 is 0.743 bits per heavy atom. The van der Waals surface area contributed by atoms with Crippen molar-refractivity contribution in [3.63, 3.8) is 0 Å². The second kappa shape index (κ2) is 40.3. The summed E-state index contributed by atoms with van der Waals surface area (Å²) >= 11 is 0. The van der Waals surface area contributed by atoms with Crippen LogP contribution >= 0.6 is 0 Å². The van der Waals surface area contributed by atoms with Gasteiger partial charge in [-0.2, -0.15) is 0 Å². The first-order valence-corrected chi connectivity index (χ1v) is 45.8. The number of carbonyl (C=O) groups is 10. The van der Waals surface area contributed by atoms with Gasteiger partial charge in [0.05, 0.1) is 22.3 Å². The molecule has 8 amide bonds. The van der Waals surface area contributed by atoms with Gasteiger partial charge in [-0.25, -0.2) is 9.59 Å². The predicted octanol–water partition coefficient (Wildman–Crippen LogP) is 24.7. The highest BCUT2D eigenvalue weighted by Crippen LogP contribution is 2.59. The first-order valence-electron chi connectivity index (χ1n) is 45.8. The van der Waals surface area contributed by atoms with Crippen molar-refractivity contribution < 1.29 is 95.3 Å². The van der Waals surface area contributed by atoms with Crippen molar-refractivity contribution in [2.75, 3.05) is 21.3 Å². The standard InChI is InChI=1S/C114H90N6O20/c1-5-97(121)115-69-29-21-37-83(59-69)131-75-41-49-79(50-42-75)135-93-63-87-101-88(110(126)119(109(87)125)91(57-67-25-13-9-14-26-67)113(129)139-73-33-17-11-18-34-73)65-95(137-81-53-45-77(46-54-81)133-85-39-23-31-71(61-85)117-99(123)7-3)105-106-96(138-82-55-47-78(48-56-82)134-86-40-24-32-72(62-86)118-100(124)8-4)66-90-102-89(111(127)120(112(90)128)92(58-68-27-15-10-16-28-68)114(130)140-74-35-19-12-20-36-74)64-94(104(108(102)106)103(93)107(101)105)136-80-51-43-76(44-52-80)132-84-38-22-30-70(60-84)116-98(122)6-2/h5-10,13-16,21-32,37-56,59-66,73-74,91-92H,1-4,11-12,17-20,33-36,57-58H2,(H,115,121)(H,116,122)(H,117,123)(H,118,124). The molecular weight excluding hydrogens is 1770 g/mol. The molecule has 2 atom stereocenters. The lowest BCUT2D eigenvalue weighted by Gasteiger charge is -2.36. The molecule has 19 rings (SSSR count). The van der Waals surface area contributed by atoms with Crippen LogP contribution in [0.1, 0.15) is 117 Å². The Hall–Kier alpha value is -17.9. The molecule has 4 N–H and O–H groups in total. The zero-order valence-corrected chi connectivity index (χ0v) is 75.6. The molecule has 0 radical (unpaired) electrons. The minimum Gasteiger partial charge on any atom is -0.461 e. The number of hydrogen-bond donors (Lipinski definition) is 4. The maximum atomic E-state index is 17.1. The van der Waals surface area contributed by atoms with E-state index in [0.29, 0.717) is 106 Å². The van der Waals surface area contributed by atoms with Crippen molar-refractivity contribution in [1.82, 2.24) is 9.80 Å². The molecule has 2 aliphatic heterocycles. The van der Waals surface area contributed by atoms with E-state index in [-0.39, 0.29) is 124 Å². The summed E-state index contributed by atoms with van der Waals surface area (Å²) in [6.07, 6.45) is 10.3. The molecule has 26 nitrogen and oxygen atoms in total. The highest BCUT2D eigenvalue weighted by molar-refractivity contribution is 6.45. The van der Waals surface area contributed by atoms with E-state index in [0.717, 1.165) is 72.6 Å². The summed E-state index contributed by atoms with van der Waals surface area (Å²) in [6, 6.07) is 73.6. The first-order chi connectivity index (χ1) is 68.2. The lowest BCUT2D eigenvalue weighted by Crippen LogP contribution is -2.52. The maximum absolute atomic E-state index is 17.1. The Bertz CT molecular complexity index is 6670. The molecule has 15 aromatic carbocycles. The van der Waals surface area contributed by atoms with Crippen LogP contribution in [0.3, 0.4) is 0 Å². The minimum absolute atomic E-state index is 0.0179. The third-order valence-corrected chi connectivity index (χ3v) is 24.6. The van der Waals surface area contributed by atoms with E-state index in [4.69, 9.17) is 47.4 Å². The van der Waals surface area contributed by atoms with Gasteiger partial charge >= 0.3 is 11.9 Å². The van der Waals surface area contributed by atoms with E-state index in [9.17, 15) is 19.2 Å². The lowest BCUT2D eigenvalue weighted by atomic mass is 9.80. The second-order valence-electron chi connectivity index (χ2n) is 34.0. The fraction of sp³-hybridized carbons (Fsp3) is 0.140. The van der Waals surface area contributed by atoms with E-state index in [1.54, 1.807) is 243 Å². The van der Waals surface area contributed by atoms with E-state index in [1.807, 2.05) is 12.1 Å². The fourth-order valence-electron chi connectivity index (χ4n) is 18.2. The molecule has 0 spiro atoms. The van der Waals surface area contributed by atoms with Crippen LogP contribution in [0.2, 0.25) is 0 Å². The van der Waals surface area contributed by atoms with Crippen molar-refractivity contribution in [2.24, 2.45) is 0 Å². The van der Waals surface area contributed by atoms with Gasteiger partial charge in [0.2, 0.25) is 23.6 Å². The molecule has 2 unspecified atom stereocenters. The van der Waals surface area contributed by atoms with Gasteiger partial charge in [0.25, 0.3) is 23.6 Å². The number of amides is 8. The molecule has 0 saturated heterocycles. The number of nitrogens with one attached hydrogen (secondary N) is 4. The van der Waals surface area contributed by atoms with Gasteiger partial charge in [-0.1, -0.05) is 124 Å². The number of fused-ring (bicyclic) bond motifs is 2. The van der Waals surface area contributed by atoms with Crippen molar-refractivity contribution in [2.45, 2.75) is 101 Å². The second-order valence-corrected chi connectivity index (χ2v) is 34.0. The molecular formula is C114H90N6O20. The van der Waals surface area contributed by atoms with Gasteiger partial charge < -0.3 is 68.6 Å². The van der Waals surface area contributed by atoms with Crippen molar-refractivity contribution >= 4 is 125 Å². The number of ether oxygens (including phenoxy) is 10. The monoisotopic (exact) mass is 1860 g/mol. The average Bonchev–Trinajstić information content (AvgIpc) is 0.668. The van der Waals surface area contributed by atoms with Gasteiger partial charge in [0, 0.05) is 103 Å². The van der Waals surface area contributed by atoms with Crippen LogP contribution in [-0.2, 0) is 51.1 Å². The third kappa shape index (κ3) is 19.7. The van der Waals surface area contributed by atoms with Crippen LogP contribution in [0.4, 0.5) is 22.7 Å². The zero-order chi connectivity index (χ0) is 96.6. The summed E-state index contributed by atoms with van der Waals surface area (Å²) in [7, 11) is 0. The molecule has 140 heavy (non-hydrogen) atoms. The average molecular weight is 1860 g/mol. The normalized spacial score (nSPS) is 14.0.